The molecule has 3 heteroatoms. The highest BCUT2D eigenvalue weighted by Gasteiger charge is 2.74. The first-order valence-electron chi connectivity index (χ1n) is 9.89. The molecule has 0 heterocycles. The minimum atomic E-state index is -0.930. The molecule has 0 N–H and O–H groups in total. The van der Waals surface area contributed by atoms with E-state index < -0.39 is 16.2 Å². The molecule has 28 heavy (non-hydrogen) atoms. The monoisotopic (exact) mass is 374 g/mol. The van der Waals surface area contributed by atoms with Crippen LogP contribution in [0.1, 0.15) is 45.2 Å². The lowest BCUT2D eigenvalue weighted by molar-refractivity contribution is -0.160. The molecule has 0 aliphatic heterocycles. The van der Waals surface area contributed by atoms with Crippen molar-refractivity contribution in [3.63, 3.8) is 0 Å². The molecule has 2 bridgehead atoms. The number of hydrogen-bond acceptors (Lipinski definition) is 3. The molecule has 3 atom stereocenters. The molecule has 0 spiro atoms. The van der Waals surface area contributed by atoms with Crippen LogP contribution in [0.5, 0.6) is 0 Å². The Labute approximate surface area is 166 Å². The van der Waals surface area contributed by atoms with E-state index in [2.05, 4.69) is 12.1 Å². The van der Waals surface area contributed by atoms with Crippen molar-refractivity contribution in [2.75, 3.05) is 6.61 Å². The Morgan fingerprint density at radius 2 is 1.39 bits per heavy atom. The maximum atomic E-state index is 13.9. The fraction of sp³-hybridized carbons (Fsp3) is 0.360. The molecule has 3 nitrogen and oxygen atoms in total. The highest BCUT2D eigenvalue weighted by Crippen LogP contribution is 2.73. The Balaban J connectivity index is 2.06. The standard InChI is InChI=1S/C25H26O3/c1-5-28-22(27)24(3)16-23(2)19(17-12-8-6-9-13-17)20(25(24,4)21(23)26)18-14-10-7-11-15-18/h6-15H,5,16H2,1-4H3/t23-,24+,25+/m1/s1. The molecular formula is C25H26O3. The van der Waals surface area contributed by atoms with Crippen molar-refractivity contribution in [1.29, 1.82) is 0 Å². The maximum absolute atomic E-state index is 13.9. The van der Waals surface area contributed by atoms with Gasteiger partial charge in [-0.25, -0.2) is 0 Å². The summed E-state index contributed by atoms with van der Waals surface area (Å²) in [7, 11) is 0. The highest BCUT2D eigenvalue weighted by molar-refractivity contribution is 6.25. The summed E-state index contributed by atoms with van der Waals surface area (Å²) < 4.78 is 5.45. The Bertz CT molecular complexity index is 975. The van der Waals surface area contributed by atoms with Gasteiger partial charge in [0.1, 0.15) is 0 Å². The molecule has 144 valence electrons. The van der Waals surface area contributed by atoms with E-state index in [1.807, 2.05) is 76.2 Å². The van der Waals surface area contributed by atoms with E-state index in [0.29, 0.717) is 13.0 Å². The number of fused-ring (bicyclic) bond motifs is 2. The van der Waals surface area contributed by atoms with Crippen LogP contribution < -0.4 is 0 Å². The predicted molar refractivity (Wildman–Crippen MR) is 110 cm³/mol. The number of carbonyl (C=O) groups excluding carboxylic acids is 2. The Kier molecular flexibility index (Phi) is 4.11. The number of hydrogen-bond donors (Lipinski definition) is 0. The van der Waals surface area contributed by atoms with E-state index in [4.69, 9.17) is 4.74 Å². The van der Waals surface area contributed by atoms with Crippen LogP contribution in [0, 0.1) is 16.2 Å². The summed E-state index contributed by atoms with van der Waals surface area (Å²) in [5.41, 5.74) is 1.52. The van der Waals surface area contributed by atoms with Gasteiger partial charge < -0.3 is 4.74 Å². The van der Waals surface area contributed by atoms with Gasteiger partial charge in [0.15, 0.2) is 5.78 Å². The largest absolute Gasteiger partial charge is 0.466 e. The third-order valence-electron chi connectivity index (χ3n) is 6.92. The zero-order valence-corrected chi connectivity index (χ0v) is 16.9. The summed E-state index contributed by atoms with van der Waals surface area (Å²) in [6, 6.07) is 20.1. The van der Waals surface area contributed by atoms with Gasteiger partial charge in [-0.15, -0.1) is 0 Å². The average molecular weight is 374 g/mol. The molecule has 0 saturated heterocycles. The molecule has 1 fully saturated rings. The number of carbonyl (C=O) groups is 2. The van der Waals surface area contributed by atoms with Crippen LogP contribution in [0.4, 0.5) is 0 Å². The van der Waals surface area contributed by atoms with E-state index in [0.717, 1.165) is 22.3 Å². The molecule has 0 radical (unpaired) electrons. The lowest BCUT2D eigenvalue weighted by Crippen LogP contribution is -2.44. The Morgan fingerprint density at radius 1 is 0.893 bits per heavy atom. The molecule has 0 unspecified atom stereocenters. The van der Waals surface area contributed by atoms with E-state index in [-0.39, 0.29) is 11.8 Å². The first kappa shape index (κ1) is 18.7. The van der Waals surface area contributed by atoms with Crippen LogP contribution in [0.2, 0.25) is 0 Å². The van der Waals surface area contributed by atoms with Crippen molar-refractivity contribution in [1.82, 2.24) is 0 Å². The number of allylic oxidation sites excluding steroid dienone is 2. The number of rotatable bonds is 4. The smallest absolute Gasteiger partial charge is 0.313 e. The van der Waals surface area contributed by atoms with Crippen LogP contribution in [0.15, 0.2) is 60.7 Å². The molecule has 1 saturated carbocycles. The van der Waals surface area contributed by atoms with Gasteiger partial charge in [0.2, 0.25) is 0 Å². The number of Topliss-reactive ketones (excluding diaryl/α,β-unsaturated/α-hetero) is 1. The SMILES string of the molecule is CCOC(=O)[C@]1(C)C[C@@]2(C)C(=O)[C@]1(C)C(c1ccccc1)=C2c1ccccc1. The third-order valence-corrected chi connectivity index (χ3v) is 6.92. The molecule has 4 rings (SSSR count). The van der Waals surface area contributed by atoms with Crippen molar-refractivity contribution in [3.8, 4) is 0 Å². The van der Waals surface area contributed by atoms with Gasteiger partial charge in [-0.1, -0.05) is 60.7 Å². The summed E-state index contributed by atoms with van der Waals surface area (Å²) in [5, 5.41) is 0. The fourth-order valence-corrected chi connectivity index (χ4v) is 5.56. The topological polar surface area (TPSA) is 43.4 Å². The lowest BCUT2D eigenvalue weighted by atomic mass is 9.59. The van der Waals surface area contributed by atoms with E-state index in [9.17, 15) is 9.59 Å². The van der Waals surface area contributed by atoms with Gasteiger partial charge in [-0.05, 0) is 56.4 Å². The van der Waals surface area contributed by atoms with Gasteiger partial charge in [0.05, 0.1) is 22.9 Å². The van der Waals surface area contributed by atoms with Gasteiger partial charge in [-0.3, -0.25) is 9.59 Å². The van der Waals surface area contributed by atoms with Crippen molar-refractivity contribution < 1.29 is 14.3 Å². The Hall–Kier alpha value is -2.68. The van der Waals surface area contributed by atoms with Gasteiger partial charge in [0.25, 0.3) is 0 Å². The fourth-order valence-electron chi connectivity index (χ4n) is 5.56. The summed E-state index contributed by atoms with van der Waals surface area (Å²) >= 11 is 0. The normalized spacial score (nSPS) is 31.4. The second-order valence-electron chi connectivity index (χ2n) is 8.50. The van der Waals surface area contributed by atoms with Crippen LogP contribution in [0.25, 0.3) is 11.1 Å². The minimum absolute atomic E-state index is 0.119. The zero-order chi connectivity index (χ0) is 20.2. The number of benzene rings is 2. The van der Waals surface area contributed by atoms with Crippen molar-refractivity contribution in [2.24, 2.45) is 16.2 Å². The molecule has 2 aliphatic rings. The molecule has 2 aromatic carbocycles. The molecule has 0 aromatic heterocycles. The van der Waals surface area contributed by atoms with Crippen molar-refractivity contribution in [2.45, 2.75) is 34.1 Å². The predicted octanol–water partition coefficient (Wildman–Crippen LogP) is 5.17. The zero-order valence-electron chi connectivity index (χ0n) is 16.9. The molecular weight excluding hydrogens is 348 g/mol. The number of ether oxygens (including phenoxy) is 1. The second-order valence-corrected chi connectivity index (χ2v) is 8.50. The van der Waals surface area contributed by atoms with E-state index in [1.165, 1.54) is 0 Å². The molecule has 2 aliphatic carbocycles. The summed E-state index contributed by atoms with van der Waals surface area (Å²) in [6.45, 7) is 7.96. The minimum Gasteiger partial charge on any atom is -0.466 e. The maximum Gasteiger partial charge on any atom is 0.313 e. The highest BCUT2D eigenvalue weighted by atomic mass is 16.5. The van der Waals surface area contributed by atoms with Crippen molar-refractivity contribution in [3.05, 3.63) is 71.8 Å². The van der Waals surface area contributed by atoms with Crippen molar-refractivity contribution >= 4 is 22.9 Å². The second kappa shape index (κ2) is 6.16. The van der Waals surface area contributed by atoms with Crippen LogP contribution in [0.3, 0.4) is 0 Å². The van der Waals surface area contributed by atoms with Gasteiger partial charge in [-0.2, -0.15) is 0 Å². The quantitative estimate of drug-likeness (QED) is 0.694. The molecule has 0 amide bonds. The van der Waals surface area contributed by atoms with Gasteiger partial charge >= 0.3 is 5.97 Å². The van der Waals surface area contributed by atoms with E-state index >= 15 is 0 Å². The third kappa shape index (κ3) is 2.16. The number of ketones is 1. The number of esters is 1. The van der Waals surface area contributed by atoms with Gasteiger partial charge in [0, 0.05) is 0 Å². The first-order chi connectivity index (χ1) is 13.3. The Morgan fingerprint density at radius 3 is 1.89 bits per heavy atom. The van der Waals surface area contributed by atoms with Crippen LogP contribution in [-0.2, 0) is 14.3 Å². The van der Waals surface area contributed by atoms with Crippen LogP contribution >= 0.6 is 0 Å². The van der Waals surface area contributed by atoms with E-state index in [1.54, 1.807) is 0 Å². The summed E-state index contributed by atoms with van der Waals surface area (Å²) in [6.07, 6.45) is 0.467. The van der Waals surface area contributed by atoms with Crippen LogP contribution in [-0.4, -0.2) is 18.4 Å². The summed E-state index contributed by atoms with van der Waals surface area (Å²) in [5.74, 6) is -0.164. The lowest BCUT2D eigenvalue weighted by Gasteiger charge is -2.42. The summed E-state index contributed by atoms with van der Waals surface area (Å²) in [4.78, 5) is 26.9. The average Bonchev–Trinajstić information content (AvgIpc) is 2.98. The molecule has 2 aromatic rings. The first-order valence-corrected chi connectivity index (χ1v) is 9.89.